The largest absolute Gasteiger partial charge is 0.310 e. The number of aromatic nitrogens is 2. The molecule has 0 aromatic carbocycles. The van der Waals surface area contributed by atoms with Crippen molar-refractivity contribution in [3.8, 4) is 0 Å². The first kappa shape index (κ1) is 15.8. The molecule has 0 radical (unpaired) electrons. The maximum Gasteiger partial charge on any atom is 0.258 e. The van der Waals surface area contributed by atoms with Gasteiger partial charge in [-0.15, -0.1) is 0 Å². The Morgan fingerprint density at radius 3 is 2.95 bits per heavy atom. The van der Waals surface area contributed by atoms with Crippen molar-refractivity contribution < 1.29 is 8.42 Å². The Hall–Kier alpha value is -0.570. The molecule has 0 bridgehead atoms. The molecular weight excluding hydrogens is 296 g/mol. The third-order valence-corrected chi connectivity index (χ3v) is 5.46. The molecule has 1 aromatic rings. The molecule has 0 saturated heterocycles. The average molecular weight is 318 g/mol. The SMILES string of the molecule is CSCCC(C)NS(=O)(=O)c1[nH]ncc1CNC1CC1. The van der Waals surface area contributed by atoms with Crippen molar-refractivity contribution in [2.45, 2.75) is 49.8 Å². The predicted molar refractivity (Wildman–Crippen MR) is 81.2 cm³/mol. The van der Waals surface area contributed by atoms with Crippen LogP contribution in [0.1, 0.15) is 31.7 Å². The molecule has 1 heterocycles. The van der Waals surface area contributed by atoms with Crippen LogP contribution in [0.5, 0.6) is 0 Å². The van der Waals surface area contributed by atoms with Crippen LogP contribution in [-0.4, -0.2) is 42.7 Å². The molecule has 0 aliphatic heterocycles. The zero-order chi connectivity index (χ0) is 14.6. The van der Waals surface area contributed by atoms with E-state index in [9.17, 15) is 8.42 Å². The highest BCUT2D eigenvalue weighted by Crippen LogP contribution is 2.20. The lowest BCUT2D eigenvalue weighted by Gasteiger charge is -2.13. The second-order valence-corrected chi connectivity index (χ2v) is 7.82. The second-order valence-electron chi connectivity index (χ2n) is 5.18. The zero-order valence-corrected chi connectivity index (χ0v) is 13.5. The highest BCUT2D eigenvalue weighted by atomic mass is 32.2. The third-order valence-electron chi connectivity index (χ3n) is 3.22. The fraction of sp³-hybridized carbons (Fsp3) is 0.750. The number of rotatable bonds is 9. The lowest BCUT2D eigenvalue weighted by Crippen LogP contribution is -2.34. The lowest BCUT2D eigenvalue weighted by atomic mass is 10.3. The van der Waals surface area contributed by atoms with Crippen molar-refractivity contribution in [2.75, 3.05) is 12.0 Å². The van der Waals surface area contributed by atoms with Crippen molar-refractivity contribution in [3.63, 3.8) is 0 Å². The lowest BCUT2D eigenvalue weighted by molar-refractivity contribution is 0.550. The maximum atomic E-state index is 12.3. The first-order chi connectivity index (χ1) is 9.53. The summed E-state index contributed by atoms with van der Waals surface area (Å²) in [5, 5.41) is 9.96. The van der Waals surface area contributed by atoms with Gasteiger partial charge in [0.05, 0.1) is 6.20 Å². The summed E-state index contributed by atoms with van der Waals surface area (Å²) < 4.78 is 27.4. The number of H-pyrrole nitrogens is 1. The number of hydrogen-bond acceptors (Lipinski definition) is 5. The van der Waals surface area contributed by atoms with Gasteiger partial charge in [-0.2, -0.15) is 16.9 Å². The van der Waals surface area contributed by atoms with Crippen LogP contribution in [-0.2, 0) is 16.6 Å². The number of hydrogen-bond donors (Lipinski definition) is 3. The molecular formula is C12H22N4O2S2. The van der Waals surface area contributed by atoms with E-state index in [4.69, 9.17) is 0 Å². The Morgan fingerprint density at radius 1 is 1.55 bits per heavy atom. The van der Waals surface area contributed by atoms with Gasteiger partial charge < -0.3 is 5.32 Å². The van der Waals surface area contributed by atoms with Gasteiger partial charge in [-0.1, -0.05) is 0 Å². The van der Waals surface area contributed by atoms with Gasteiger partial charge in [0.1, 0.15) is 0 Å². The van der Waals surface area contributed by atoms with Gasteiger partial charge in [-0.05, 0) is 38.2 Å². The van der Waals surface area contributed by atoms with Crippen molar-refractivity contribution >= 4 is 21.8 Å². The maximum absolute atomic E-state index is 12.3. The quantitative estimate of drug-likeness (QED) is 0.634. The topological polar surface area (TPSA) is 86.9 Å². The highest BCUT2D eigenvalue weighted by Gasteiger charge is 2.25. The molecule has 1 saturated carbocycles. The molecule has 0 amide bonds. The Bertz CT molecular complexity index is 525. The second kappa shape index (κ2) is 6.93. The number of nitrogens with one attached hydrogen (secondary N) is 3. The van der Waals surface area contributed by atoms with Gasteiger partial charge in [0.2, 0.25) is 0 Å². The molecule has 6 nitrogen and oxygen atoms in total. The van der Waals surface area contributed by atoms with Crippen molar-refractivity contribution in [2.24, 2.45) is 0 Å². The summed E-state index contributed by atoms with van der Waals surface area (Å²) in [6.45, 7) is 2.42. The van der Waals surface area contributed by atoms with E-state index in [0.717, 1.165) is 12.2 Å². The minimum absolute atomic E-state index is 0.0833. The van der Waals surface area contributed by atoms with Crippen molar-refractivity contribution in [1.29, 1.82) is 0 Å². The van der Waals surface area contributed by atoms with Gasteiger partial charge in [0.25, 0.3) is 10.0 Å². The smallest absolute Gasteiger partial charge is 0.258 e. The standard InChI is InChI=1S/C12H22N4O2S2/c1-9(5-6-19-2)16-20(17,18)12-10(8-14-15-12)7-13-11-3-4-11/h8-9,11,13,16H,3-7H2,1-2H3,(H,14,15). The summed E-state index contributed by atoms with van der Waals surface area (Å²) in [5.41, 5.74) is 0.696. The van der Waals surface area contributed by atoms with Crippen LogP contribution in [0.15, 0.2) is 11.2 Å². The van der Waals surface area contributed by atoms with E-state index in [1.165, 1.54) is 12.8 Å². The van der Waals surface area contributed by atoms with Gasteiger partial charge >= 0.3 is 0 Å². The number of aromatic amines is 1. The third kappa shape index (κ3) is 4.47. The molecule has 0 spiro atoms. The fourth-order valence-electron chi connectivity index (χ4n) is 1.88. The number of thioether (sulfide) groups is 1. The van der Waals surface area contributed by atoms with Crippen LogP contribution in [0.4, 0.5) is 0 Å². The van der Waals surface area contributed by atoms with E-state index in [1.807, 2.05) is 13.2 Å². The van der Waals surface area contributed by atoms with Gasteiger partial charge in [-0.25, -0.2) is 13.1 Å². The molecule has 20 heavy (non-hydrogen) atoms. The minimum atomic E-state index is -3.52. The first-order valence-corrected chi connectivity index (χ1v) is 9.67. The van der Waals surface area contributed by atoms with E-state index < -0.39 is 10.0 Å². The summed E-state index contributed by atoms with van der Waals surface area (Å²) in [7, 11) is -3.52. The van der Waals surface area contributed by atoms with Crippen molar-refractivity contribution in [1.82, 2.24) is 20.2 Å². The van der Waals surface area contributed by atoms with Crippen LogP contribution in [0.2, 0.25) is 0 Å². The van der Waals surface area contributed by atoms with Crippen LogP contribution >= 0.6 is 11.8 Å². The van der Waals surface area contributed by atoms with Gasteiger partial charge in [0.15, 0.2) is 5.03 Å². The van der Waals surface area contributed by atoms with Gasteiger partial charge in [0, 0.05) is 24.2 Å². The van der Waals surface area contributed by atoms with Crippen LogP contribution in [0, 0.1) is 0 Å². The predicted octanol–water partition coefficient (Wildman–Crippen LogP) is 1.08. The summed E-state index contributed by atoms with van der Waals surface area (Å²) in [6.07, 6.45) is 6.74. The van der Waals surface area contributed by atoms with Gasteiger partial charge in [-0.3, -0.25) is 5.10 Å². The Kier molecular flexibility index (Phi) is 5.48. The molecule has 1 fully saturated rings. The average Bonchev–Trinajstić information content (AvgIpc) is 3.09. The number of nitrogens with zero attached hydrogens (tertiary/aromatic N) is 1. The summed E-state index contributed by atoms with van der Waals surface area (Å²) in [5.74, 6) is 0.933. The van der Waals surface area contributed by atoms with E-state index in [2.05, 4.69) is 20.2 Å². The van der Waals surface area contributed by atoms with Crippen molar-refractivity contribution in [3.05, 3.63) is 11.8 Å². The molecule has 2 rings (SSSR count). The molecule has 1 atom stereocenters. The van der Waals surface area contributed by atoms with E-state index in [0.29, 0.717) is 18.2 Å². The molecule has 1 aliphatic rings. The van der Waals surface area contributed by atoms with E-state index >= 15 is 0 Å². The molecule has 1 aliphatic carbocycles. The summed E-state index contributed by atoms with van der Waals surface area (Å²) in [4.78, 5) is 0. The molecule has 1 unspecified atom stereocenters. The van der Waals surface area contributed by atoms with E-state index in [1.54, 1.807) is 18.0 Å². The fourth-order valence-corrected chi connectivity index (χ4v) is 3.87. The molecule has 1 aromatic heterocycles. The summed E-state index contributed by atoms with van der Waals surface area (Å²) in [6, 6.07) is 0.453. The Balaban J connectivity index is 1.98. The Morgan fingerprint density at radius 2 is 2.30 bits per heavy atom. The zero-order valence-electron chi connectivity index (χ0n) is 11.8. The monoisotopic (exact) mass is 318 g/mol. The summed E-state index contributed by atoms with van der Waals surface area (Å²) >= 11 is 1.71. The highest BCUT2D eigenvalue weighted by molar-refractivity contribution is 7.98. The molecule has 8 heteroatoms. The Labute approximate surface area is 124 Å². The van der Waals surface area contributed by atoms with Crippen LogP contribution in [0.25, 0.3) is 0 Å². The van der Waals surface area contributed by atoms with Crippen LogP contribution < -0.4 is 10.0 Å². The normalized spacial score (nSPS) is 17.3. The molecule has 114 valence electrons. The molecule has 3 N–H and O–H groups in total. The first-order valence-electron chi connectivity index (χ1n) is 6.80. The van der Waals surface area contributed by atoms with E-state index in [-0.39, 0.29) is 11.1 Å². The minimum Gasteiger partial charge on any atom is -0.310 e. The van der Waals surface area contributed by atoms with Crippen LogP contribution in [0.3, 0.4) is 0 Å². The number of sulfonamides is 1.